The van der Waals surface area contributed by atoms with Crippen LogP contribution in [0, 0.1) is 0 Å². The fraction of sp³-hybridized carbons (Fsp3) is 0.429. The van der Waals surface area contributed by atoms with E-state index in [9.17, 15) is 4.79 Å². The minimum atomic E-state index is 0.110. The van der Waals surface area contributed by atoms with Gasteiger partial charge >= 0.3 is 0 Å². The molecule has 1 atom stereocenters. The van der Waals surface area contributed by atoms with E-state index >= 15 is 0 Å². The summed E-state index contributed by atoms with van der Waals surface area (Å²) in [4.78, 5) is 19.8. The highest BCUT2D eigenvalue weighted by Crippen LogP contribution is 2.33. The van der Waals surface area contributed by atoms with E-state index in [0.29, 0.717) is 6.04 Å². The number of hydrogen-bond donors (Lipinski definition) is 0. The third-order valence-corrected chi connectivity index (χ3v) is 4.71. The lowest BCUT2D eigenvalue weighted by atomic mass is 10.1. The lowest BCUT2D eigenvalue weighted by Gasteiger charge is -2.31. The van der Waals surface area contributed by atoms with E-state index in [1.165, 1.54) is 6.42 Å². The molecule has 4 rings (SSSR count). The van der Waals surface area contributed by atoms with E-state index < -0.39 is 0 Å². The van der Waals surface area contributed by atoms with E-state index in [2.05, 4.69) is 20.8 Å². The first-order valence-electron chi connectivity index (χ1n) is 6.68. The second-order valence-electron chi connectivity index (χ2n) is 5.28. The van der Waals surface area contributed by atoms with E-state index in [-0.39, 0.29) is 5.56 Å². The Labute approximate surface area is 119 Å². The second-order valence-corrected chi connectivity index (χ2v) is 6.20. The van der Waals surface area contributed by atoms with Gasteiger partial charge < -0.3 is 0 Å². The van der Waals surface area contributed by atoms with E-state index in [1.807, 2.05) is 22.8 Å². The van der Waals surface area contributed by atoms with Crippen LogP contribution >= 0.6 is 15.9 Å². The molecule has 0 amide bonds. The van der Waals surface area contributed by atoms with Crippen molar-refractivity contribution in [3.8, 4) is 0 Å². The van der Waals surface area contributed by atoms with Crippen molar-refractivity contribution in [1.29, 1.82) is 0 Å². The average Bonchev–Trinajstić information content (AvgIpc) is 2.87. The van der Waals surface area contributed by atoms with Gasteiger partial charge in [-0.2, -0.15) is 0 Å². The Hall–Kier alpha value is -1.20. The zero-order valence-corrected chi connectivity index (χ0v) is 12.1. The number of benzene rings is 1. The van der Waals surface area contributed by atoms with Crippen molar-refractivity contribution in [2.24, 2.45) is 0 Å². The first kappa shape index (κ1) is 11.6. The summed E-state index contributed by atoms with van der Waals surface area (Å²) in [5.41, 5.74) is 0.915. The van der Waals surface area contributed by atoms with Crippen LogP contribution in [0.2, 0.25) is 0 Å². The summed E-state index contributed by atoms with van der Waals surface area (Å²) >= 11 is 3.45. The van der Waals surface area contributed by atoms with Gasteiger partial charge in [-0.15, -0.1) is 0 Å². The van der Waals surface area contributed by atoms with Crippen molar-refractivity contribution in [3.63, 3.8) is 0 Å². The molecule has 0 saturated carbocycles. The van der Waals surface area contributed by atoms with Crippen LogP contribution in [0.4, 0.5) is 0 Å². The van der Waals surface area contributed by atoms with Gasteiger partial charge in [0.1, 0.15) is 5.82 Å². The minimum Gasteiger partial charge on any atom is -0.293 e. The molecule has 2 aliphatic heterocycles. The summed E-state index contributed by atoms with van der Waals surface area (Å²) in [6, 6.07) is 6.04. The molecule has 0 bridgehead atoms. The third kappa shape index (κ3) is 1.68. The number of hydrogen-bond acceptors (Lipinski definition) is 3. The van der Waals surface area contributed by atoms with Crippen molar-refractivity contribution in [3.05, 3.63) is 38.9 Å². The molecule has 19 heavy (non-hydrogen) atoms. The highest BCUT2D eigenvalue weighted by Gasteiger charge is 2.33. The zero-order chi connectivity index (χ0) is 13.0. The maximum Gasteiger partial charge on any atom is 0.261 e. The molecule has 98 valence electrons. The van der Waals surface area contributed by atoms with E-state index in [1.54, 1.807) is 0 Å². The molecular formula is C14H14BrN3O. The molecule has 0 radical (unpaired) electrons. The maximum atomic E-state index is 12.6. The number of aromatic nitrogens is 2. The SMILES string of the molecule is O=c1c2ccc(Br)cc2nc2n1CCN1CCCC21. The highest BCUT2D eigenvalue weighted by molar-refractivity contribution is 9.10. The van der Waals surface area contributed by atoms with Gasteiger partial charge in [0, 0.05) is 17.6 Å². The Morgan fingerprint density at radius 3 is 3.05 bits per heavy atom. The van der Waals surface area contributed by atoms with Gasteiger partial charge in [-0.3, -0.25) is 14.3 Å². The Kier molecular flexibility index (Phi) is 2.53. The fourth-order valence-electron chi connectivity index (χ4n) is 3.30. The van der Waals surface area contributed by atoms with Crippen molar-refractivity contribution in [2.75, 3.05) is 13.1 Å². The van der Waals surface area contributed by atoms with Gasteiger partial charge in [0.2, 0.25) is 0 Å². The number of rotatable bonds is 0. The minimum absolute atomic E-state index is 0.110. The number of fused-ring (bicyclic) bond motifs is 4. The molecule has 5 heteroatoms. The van der Waals surface area contributed by atoms with Crippen molar-refractivity contribution in [2.45, 2.75) is 25.4 Å². The van der Waals surface area contributed by atoms with Gasteiger partial charge in [0.05, 0.1) is 16.9 Å². The van der Waals surface area contributed by atoms with E-state index in [0.717, 1.165) is 47.3 Å². The summed E-state index contributed by atoms with van der Waals surface area (Å²) in [5.74, 6) is 0.958. The third-order valence-electron chi connectivity index (χ3n) is 4.22. The smallest absolute Gasteiger partial charge is 0.261 e. The summed E-state index contributed by atoms with van der Waals surface area (Å²) in [6.07, 6.45) is 2.32. The standard InChI is InChI=1S/C14H14BrN3O/c15-9-3-4-10-11(8-9)16-13-12-2-1-5-17(12)6-7-18(13)14(10)19/h3-4,8,12H,1-2,5-7H2. The van der Waals surface area contributed by atoms with Crippen LogP contribution in [0.15, 0.2) is 27.5 Å². The summed E-state index contributed by atoms with van der Waals surface area (Å²) in [5, 5.41) is 0.721. The molecule has 0 N–H and O–H groups in total. The van der Waals surface area contributed by atoms with Gasteiger partial charge in [-0.05, 0) is 37.6 Å². The topological polar surface area (TPSA) is 38.1 Å². The van der Waals surface area contributed by atoms with Gasteiger partial charge in [-0.1, -0.05) is 15.9 Å². The summed E-state index contributed by atoms with van der Waals surface area (Å²) in [6.45, 7) is 2.88. The zero-order valence-electron chi connectivity index (χ0n) is 10.5. The number of halogens is 1. The normalized spacial score (nSPS) is 22.5. The number of nitrogens with zero attached hydrogens (tertiary/aromatic N) is 3. The Morgan fingerprint density at radius 2 is 2.16 bits per heavy atom. The van der Waals surface area contributed by atoms with Crippen LogP contribution in [0.25, 0.3) is 10.9 Å². The first-order chi connectivity index (χ1) is 9.24. The van der Waals surface area contributed by atoms with Crippen molar-refractivity contribution < 1.29 is 0 Å². The summed E-state index contributed by atoms with van der Waals surface area (Å²) in [7, 11) is 0. The lowest BCUT2D eigenvalue weighted by molar-refractivity contribution is 0.198. The van der Waals surface area contributed by atoms with Crippen LogP contribution in [0.3, 0.4) is 0 Å². The van der Waals surface area contributed by atoms with Crippen LogP contribution in [0.1, 0.15) is 24.7 Å². The molecule has 0 aliphatic carbocycles. The first-order valence-corrected chi connectivity index (χ1v) is 7.47. The van der Waals surface area contributed by atoms with Gasteiger partial charge in [0.15, 0.2) is 0 Å². The van der Waals surface area contributed by atoms with Gasteiger partial charge in [0.25, 0.3) is 5.56 Å². The van der Waals surface area contributed by atoms with Crippen LogP contribution in [-0.2, 0) is 6.54 Å². The molecular weight excluding hydrogens is 306 g/mol. The molecule has 4 nitrogen and oxygen atoms in total. The average molecular weight is 320 g/mol. The predicted octanol–water partition coefficient (Wildman–Crippen LogP) is 2.31. The predicted molar refractivity (Wildman–Crippen MR) is 77.3 cm³/mol. The highest BCUT2D eigenvalue weighted by atomic mass is 79.9. The Balaban J connectivity index is 2.02. The Bertz CT molecular complexity index is 724. The van der Waals surface area contributed by atoms with E-state index in [4.69, 9.17) is 4.98 Å². The van der Waals surface area contributed by atoms with Crippen molar-refractivity contribution >= 4 is 26.8 Å². The fourth-order valence-corrected chi connectivity index (χ4v) is 3.65. The van der Waals surface area contributed by atoms with Crippen LogP contribution < -0.4 is 5.56 Å². The molecule has 0 spiro atoms. The van der Waals surface area contributed by atoms with Gasteiger partial charge in [-0.25, -0.2) is 4.98 Å². The summed E-state index contributed by atoms with van der Waals surface area (Å²) < 4.78 is 2.85. The molecule has 2 aromatic rings. The Morgan fingerprint density at radius 1 is 1.26 bits per heavy atom. The molecule has 1 aromatic carbocycles. The van der Waals surface area contributed by atoms with Crippen LogP contribution in [-0.4, -0.2) is 27.5 Å². The second kappa shape index (κ2) is 4.15. The largest absolute Gasteiger partial charge is 0.293 e. The van der Waals surface area contributed by atoms with Crippen molar-refractivity contribution in [1.82, 2.24) is 14.5 Å². The monoisotopic (exact) mass is 319 g/mol. The molecule has 1 fully saturated rings. The quantitative estimate of drug-likeness (QED) is 0.748. The molecule has 1 aromatic heterocycles. The molecule has 1 saturated heterocycles. The lowest BCUT2D eigenvalue weighted by Crippen LogP contribution is -2.40. The molecule has 1 unspecified atom stereocenters. The maximum absolute atomic E-state index is 12.6. The van der Waals surface area contributed by atoms with Crippen LogP contribution in [0.5, 0.6) is 0 Å². The molecule has 3 heterocycles. The molecule has 2 aliphatic rings.